The first-order chi connectivity index (χ1) is 5.36. The molecule has 0 aromatic carbocycles. The lowest BCUT2D eigenvalue weighted by Crippen LogP contribution is -2.37. The van der Waals surface area contributed by atoms with Crippen molar-refractivity contribution in [1.82, 2.24) is 4.90 Å². The second kappa shape index (κ2) is 3.14. The van der Waals surface area contributed by atoms with E-state index in [0.717, 1.165) is 11.8 Å². The Kier molecular flexibility index (Phi) is 2.17. The van der Waals surface area contributed by atoms with Gasteiger partial charge in [-0.15, -0.1) is 0 Å². The third-order valence-electron chi connectivity index (χ3n) is 3.48. The Morgan fingerprint density at radius 3 is 2.27 bits per heavy atom. The summed E-state index contributed by atoms with van der Waals surface area (Å²) in [5.41, 5.74) is 0. The van der Waals surface area contributed by atoms with Crippen molar-refractivity contribution in [3.8, 4) is 0 Å². The lowest BCUT2D eigenvalue weighted by molar-refractivity contribution is 0.112. The largest absolute Gasteiger partial charge is 0.306 e. The van der Waals surface area contributed by atoms with Gasteiger partial charge in [0.1, 0.15) is 0 Å². The summed E-state index contributed by atoms with van der Waals surface area (Å²) in [5, 5.41) is 0. The van der Waals surface area contributed by atoms with Crippen LogP contribution in [-0.4, -0.2) is 25.0 Å². The van der Waals surface area contributed by atoms with Gasteiger partial charge in [-0.1, -0.05) is 19.3 Å². The molecule has 64 valence electrons. The molecule has 0 radical (unpaired) electrons. The number of nitrogens with zero attached hydrogens (tertiary/aromatic N) is 1. The van der Waals surface area contributed by atoms with Crippen LogP contribution in [-0.2, 0) is 0 Å². The van der Waals surface area contributed by atoms with Crippen LogP contribution in [0, 0.1) is 11.8 Å². The SMILES string of the molecule is CN1CCCC(C2CCC2)C1. The molecular formula is C10H19N. The fourth-order valence-electron chi connectivity index (χ4n) is 2.50. The molecule has 0 aromatic heterocycles. The second-order valence-electron chi connectivity index (χ2n) is 4.36. The van der Waals surface area contributed by atoms with Crippen LogP contribution in [0.4, 0.5) is 0 Å². The highest BCUT2D eigenvalue weighted by Crippen LogP contribution is 2.37. The van der Waals surface area contributed by atoms with Crippen LogP contribution >= 0.6 is 0 Å². The van der Waals surface area contributed by atoms with Crippen LogP contribution in [0.15, 0.2) is 0 Å². The summed E-state index contributed by atoms with van der Waals surface area (Å²) in [7, 11) is 2.27. The highest BCUT2D eigenvalue weighted by atomic mass is 15.1. The minimum absolute atomic E-state index is 1.06. The fourth-order valence-corrected chi connectivity index (χ4v) is 2.50. The predicted molar refractivity (Wildman–Crippen MR) is 47.6 cm³/mol. The summed E-state index contributed by atoms with van der Waals surface area (Å²) in [5.74, 6) is 2.17. The quantitative estimate of drug-likeness (QED) is 0.558. The molecule has 2 aliphatic rings. The minimum Gasteiger partial charge on any atom is -0.306 e. The summed E-state index contributed by atoms with van der Waals surface area (Å²) in [4.78, 5) is 2.51. The molecule has 1 nitrogen and oxygen atoms in total. The van der Waals surface area contributed by atoms with Gasteiger partial charge in [-0.25, -0.2) is 0 Å². The van der Waals surface area contributed by atoms with Crippen LogP contribution in [0.25, 0.3) is 0 Å². The molecule has 1 saturated carbocycles. The molecule has 1 atom stereocenters. The van der Waals surface area contributed by atoms with Gasteiger partial charge in [-0.05, 0) is 38.3 Å². The first-order valence-electron chi connectivity index (χ1n) is 5.05. The molecule has 0 spiro atoms. The summed E-state index contributed by atoms with van der Waals surface area (Å²) in [6.45, 7) is 2.72. The van der Waals surface area contributed by atoms with E-state index in [0.29, 0.717) is 0 Å². The van der Waals surface area contributed by atoms with Crippen LogP contribution < -0.4 is 0 Å². The summed E-state index contributed by atoms with van der Waals surface area (Å²) < 4.78 is 0. The second-order valence-corrected chi connectivity index (χ2v) is 4.36. The first-order valence-corrected chi connectivity index (χ1v) is 5.05. The van der Waals surface area contributed by atoms with Gasteiger partial charge in [-0.3, -0.25) is 0 Å². The van der Waals surface area contributed by atoms with Crippen molar-refractivity contribution >= 4 is 0 Å². The van der Waals surface area contributed by atoms with Crippen molar-refractivity contribution < 1.29 is 0 Å². The Bertz CT molecular complexity index is 129. The summed E-state index contributed by atoms with van der Waals surface area (Å²) in [6, 6.07) is 0. The molecule has 1 heteroatoms. The highest BCUT2D eigenvalue weighted by Gasteiger charge is 2.29. The fraction of sp³-hybridized carbons (Fsp3) is 1.00. The molecule has 0 bridgehead atoms. The Balaban J connectivity index is 1.82. The third-order valence-corrected chi connectivity index (χ3v) is 3.48. The average molecular weight is 153 g/mol. The van der Waals surface area contributed by atoms with E-state index in [-0.39, 0.29) is 0 Å². The molecule has 1 saturated heterocycles. The van der Waals surface area contributed by atoms with Crippen LogP contribution in [0.5, 0.6) is 0 Å². The van der Waals surface area contributed by atoms with Gasteiger partial charge in [0.15, 0.2) is 0 Å². The monoisotopic (exact) mass is 153 g/mol. The van der Waals surface area contributed by atoms with E-state index in [4.69, 9.17) is 0 Å². The Labute approximate surface area is 69.8 Å². The minimum atomic E-state index is 1.06. The number of piperidine rings is 1. The van der Waals surface area contributed by atoms with Gasteiger partial charge < -0.3 is 4.90 Å². The smallest absolute Gasteiger partial charge is 0.000926 e. The molecule has 2 fully saturated rings. The summed E-state index contributed by atoms with van der Waals surface area (Å²) >= 11 is 0. The van der Waals surface area contributed by atoms with E-state index < -0.39 is 0 Å². The lowest BCUT2D eigenvalue weighted by atomic mass is 9.73. The van der Waals surface area contributed by atoms with Crippen molar-refractivity contribution in [2.24, 2.45) is 11.8 Å². The molecule has 11 heavy (non-hydrogen) atoms. The molecule has 0 N–H and O–H groups in total. The maximum Gasteiger partial charge on any atom is 0.000926 e. The van der Waals surface area contributed by atoms with Crippen molar-refractivity contribution in [1.29, 1.82) is 0 Å². The van der Waals surface area contributed by atoms with Crippen molar-refractivity contribution in [3.05, 3.63) is 0 Å². The van der Waals surface area contributed by atoms with Crippen LogP contribution in [0.3, 0.4) is 0 Å². The zero-order valence-electron chi connectivity index (χ0n) is 7.55. The van der Waals surface area contributed by atoms with E-state index in [1.54, 1.807) is 0 Å². The maximum atomic E-state index is 2.51. The molecule has 0 aromatic rings. The standard InChI is InChI=1S/C10H19N/c1-11-7-3-6-10(8-11)9-4-2-5-9/h9-10H,2-8H2,1H3. The molecule has 2 rings (SSSR count). The van der Waals surface area contributed by atoms with Crippen molar-refractivity contribution in [2.75, 3.05) is 20.1 Å². The lowest BCUT2D eigenvalue weighted by Gasteiger charge is -2.39. The van der Waals surface area contributed by atoms with Gasteiger partial charge in [-0.2, -0.15) is 0 Å². The molecule has 0 amide bonds. The Morgan fingerprint density at radius 1 is 1.00 bits per heavy atom. The van der Waals surface area contributed by atoms with Gasteiger partial charge in [0.05, 0.1) is 0 Å². The summed E-state index contributed by atoms with van der Waals surface area (Å²) in [6.07, 6.45) is 7.51. The molecule has 1 aliphatic carbocycles. The normalized spacial score (nSPS) is 35.2. The maximum absolute atomic E-state index is 2.51. The van der Waals surface area contributed by atoms with Gasteiger partial charge in [0, 0.05) is 6.54 Å². The number of hydrogen-bond acceptors (Lipinski definition) is 1. The van der Waals surface area contributed by atoms with Crippen LogP contribution in [0.2, 0.25) is 0 Å². The van der Waals surface area contributed by atoms with E-state index in [1.807, 2.05) is 0 Å². The van der Waals surface area contributed by atoms with Crippen LogP contribution in [0.1, 0.15) is 32.1 Å². The molecular weight excluding hydrogens is 134 g/mol. The molecule has 1 heterocycles. The van der Waals surface area contributed by atoms with Crippen molar-refractivity contribution in [3.63, 3.8) is 0 Å². The highest BCUT2D eigenvalue weighted by molar-refractivity contribution is 4.82. The topological polar surface area (TPSA) is 3.24 Å². The number of hydrogen-bond donors (Lipinski definition) is 0. The average Bonchev–Trinajstić information content (AvgIpc) is 1.83. The predicted octanol–water partition coefficient (Wildman–Crippen LogP) is 2.13. The number of rotatable bonds is 1. The van der Waals surface area contributed by atoms with Gasteiger partial charge in [0.25, 0.3) is 0 Å². The first kappa shape index (κ1) is 7.60. The van der Waals surface area contributed by atoms with E-state index in [1.165, 1.54) is 45.2 Å². The third kappa shape index (κ3) is 1.58. The zero-order valence-corrected chi connectivity index (χ0v) is 7.55. The van der Waals surface area contributed by atoms with E-state index in [2.05, 4.69) is 11.9 Å². The zero-order chi connectivity index (χ0) is 7.68. The van der Waals surface area contributed by atoms with E-state index in [9.17, 15) is 0 Å². The van der Waals surface area contributed by atoms with Gasteiger partial charge in [0.2, 0.25) is 0 Å². The Morgan fingerprint density at radius 2 is 1.73 bits per heavy atom. The molecule has 1 unspecified atom stereocenters. The molecule has 1 aliphatic heterocycles. The Hall–Kier alpha value is -0.0400. The van der Waals surface area contributed by atoms with Gasteiger partial charge >= 0.3 is 0 Å². The van der Waals surface area contributed by atoms with Crippen molar-refractivity contribution in [2.45, 2.75) is 32.1 Å². The van der Waals surface area contributed by atoms with E-state index >= 15 is 0 Å². The number of likely N-dealkylation sites (tertiary alicyclic amines) is 1.